The molecule has 0 N–H and O–H groups in total. The monoisotopic (exact) mass is 199 g/mol. The summed E-state index contributed by atoms with van der Waals surface area (Å²) >= 11 is 0. The van der Waals surface area contributed by atoms with Crippen LogP contribution in [0.3, 0.4) is 0 Å². The number of hydrogen-bond acceptors (Lipinski definition) is 2. The molecule has 0 radical (unpaired) electrons. The number of nitrogens with zero attached hydrogens (tertiary/aromatic N) is 1. The maximum Gasteiger partial charge on any atom is 0.235 e. The maximum atomic E-state index is 10.3. The summed E-state index contributed by atoms with van der Waals surface area (Å²) in [7, 11) is 0. The van der Waals surface area contributed by atoms with Crippen LogP contribution in [0.25, 0.3) is 0 Å². The van der Waals surface area contributed by atoms with Gasteiger partial charge in [-0.05, 0) is 12.5 Å². The number of aliphatic imine (C=N–C) groups is 1. The average molecular weight is 199 g/mol. The number of isocyanates is 1. The van der Waals surface area contributed by atoms with Gasteiger partial charge in [-0.1, -0.05) is 54.6 Å². The summed E-state index contributed by atoms with van der Waals surface area (Å²) in [5, 5.41) is 0. The Balaban J connectivity index is 2.93. The molecular formula is C13H13NO. The van der Waals surface area contributed by atoms with E-state index in [4.69, 9.17) is 0 Å². The minimum absolute atomic E-state index is 0.264. The Morgan fingerprint density at radius 3 is 2.67 bits per heavy atom. The van der Waals surface area contributed by atoms with Crippen LogP contribution in [0.5, 0.6) is 0 Å². The number of carbonyl (C=O) groups excluding carboxylic acids is 1. The van der Waals surface area contributed by atoms with Crippen molar-refractivity contribution in [3.05, 3.63) is 60.2 Å². The van der Waals surface area contributed by atoms with Gasteiger partial charge in [0.25, 0.3) is 0 Å². The van der Waals surface area contributed by atoms with Gasteiger partial charge < -0.3 is 0 Å². The molecule has 0 spiro atoms. The molecule has 1 unspecified atom stereocenters. The zero-order valence-corrected chi connectivity index (χ0v) is 8.68. The van der Waals surface area contributed by atoms with E-state index in [0.29, 0.717) is 0 Å². The first kappa shape index (κ1) is 11.2. The molecule has 0 aliphatic carbocycles. The van der Waals surface area contributed by atoms with Crippen LogP contribution in [0.1, 0.15) is 18.5 Å². The summed E-state index contributed by atoms with van der Waals surface area (Å²) in [6.07, 6.45) is 5.27. The smallest absolute Gasteiger partial charge is 0.211 e. The van der Waals surface area contributed by atoms with E-state index in [9.17, 15) is 4.79 Å². The second kappa shape index (κ2) is 5.74. The molecule has 2 heteroatoms. The Bertz CT molecular complexity index is 400. The van der Waals surface area contributed by atoms with E-state index in [-0.39, 0.29) is 6.04 Å². The lowest BCUT2D eigenvalue weighted by atomic mass is 10.1. The Morgan fingerprint density at radius 2 is 2.13 bits per heavy atom. The second-order valence-electron chi connectivity index (χ2n) is 3.28. The highest BCUT2D eigenvalue weighted by atomic mass is 16.1. The zero-order chi connectivity index (χ0) is 11.1. The predicted octanol–water partition coefficient (Wildman–Crippen LogP) is 3.20. The molecule has 1 atom stereocenters. The van der Waals surface area contributed by atoms with Crippen molar-refractivity contribution >= 4 is 6.08 Å². The molecule has 0 saturated heterocycles. The van der Waals surface area contributed by atoms with Crippen molar-refractivity contribution in [3.8, 4) is 0 Å². The van der Waals surface area contributed by atoms with Crippen LogP contribution in [-0.2, 0) is 4.79 Å². The van der Waals surface area contributed by atoms with Gasteiger partial charge in [0.2, 0.25) is 6.08 Å². The van der Waals surface area contributed by atoms with Gasteiger partial charge in [0.1, 0.15) is 6.04 Å². The van der Waals surface area contributed by atoms with Crippen LogP contribution in [0.2, 0.25) is 0 Å². The third-order valence-electron chi connectivity index (χ3n) is 1.90. The molecule has 76 valence electrons. The Morgan fingerprint density at radius 1 is 1.47 bits per heavy atom. The number of hydrogen-bond donors (Lipinski definition) is 0. The van der Waals surface area contributed by atoms with Gasteiger partial charge in [-0.2, -0.15) is 4.99 Å². The standard InChI is InChI=1S/C13H13NO/c1-11(2)8-9-13(14-10-15)12-6-4-3-5-7-12/h3-9,13H,1H2,2H3. The molecule has 1 aromatic carbocycles. The quantitative estimate of drug-likeness (QED) is 0.416. The lowest BCUT2D eigenvalue weighted by molar-refractivity contribution is 0.561. The summed E-state index contributed by atoms with van der Waals surface area (Å²) < 4.78 is 0. The summed E-state index contributed by atoms with van der Waals surface area (Å²) in [5.41, 5.74) is 1.90. The van der Waals surface area contributed by atoms with Crippen LogP contribution in [0.15, 0.2) is 59.6 Å². The molecule has 0 bridgehead atoms. The van der Waals surface area contributed by atoms with Gasteiger partial charge in [-0.3, -0.25) is 0 Å². The van der Waals surface area contributed by atoms with Gasteiger partial charge in [-0.15, -0.1) is 0 Å². The first-order chi connectivity index (χ1) is 7.24. The molecule has 0 aliphatic rings. The minimum atomic E-state index is -0.264. The molecule has 0 heterocycles. The van der Waals surface area contributed by atoms with Crippen LogP contribution in [0, 0.1) is 0 Å². The molecule has 0 fully saturated rings. The summed E-state index contributed by atoms with van der Waals surface area (Å²) in [6.45, 7) is 5.65. The third-order valence-corrected chi connectivity index (χ3v) is 1.90. The van der Waals surface area contributed by atoms with Gasteiger partial charge in [0.15, 0.2) is 0 Å². The fraction of sp³-hybridized carbons (Fsp3) is 0.154. The highest BCUT2D eigenvalue weighted by Crippen LogP contribution is 2.18. The predicted molar refractivity (Wildman–Crippen MR) is 61.3 cm³/mol. The maximum absolute atomic E-state index is 10.3. The van der Waals surface area contributed by atoms with E-state index in [1.807, 2.05) is 49.4 Å². The van der Waals surface area contributed by atoms with Gasteiger partial charge >= 0.3 is 0 Å². The van der Waals surface area contributed by atoms with Crippen molar-refractivity contribution in [2.75, 3.05) is 0 Å². The fourth-order valence-electron chi connectivity index (χ4n) is 1.19. The number of allylic oxidation sites excluding steroid dienone is 2. The fourth-order valence-corrected chi connectivity index (χ4v) is 1.19. The normalized spacial score (nSPS) is 12.1. The van der Waals surface area contributed by atoms with Crippen LogP contribution < -0.4 is 0 Å². The molecule has 15 heavy (non-hydrogen) atoms. The number of benzene rings is 1. The largest absolute Gasteiger partial charge is 0.235 e. The highest BCUT2D eigenvalue weighted by Gasteiger charge is 2.04. The zero-order valence-electron chi connectivity index (χ0n) is 8.68. The van der Waals surface area contributed by atoms with E-state index in [2.05, 4.69) is 11.6 Å². The Kier molecular flexibility index (Phi) is 4.27. The first-order valence-electron chi connectivity index (χ1n) is 4.69. The van der Waals surface area contributed by atoms with Crippen molar-refractivity contribution in [2.45, 2.75) is 13.0 Å². The van der Waals surface area contributed by atoms with E-state index >= 15 is 0 Å². The second-order valence-corrected chi connectivity index (χ2v) is 3.28. The van der Waals surface area contributed by atoms with Crippen molar-refractivity contribution in [1.82, 2.24) is 0 Å². The molecule has 0 saturated carbocycles. The molecule has 0 aromatic heterocycles. The first-order valence-corrected chi connectivity index (χ1v) is 4.69. The summed E-state index contributed by atoms with van der Waals surface area (Å²) in [5.74, 6) is 0. The topological polar surface area (TPSA) is 29.4 Å². The van der Waals surface area contributed by atoms with E-state index in [0.717, 1.165) is 11.1 Å². The molecule has 1 aromatic rings. The van der Waals surface area contributed by atoms with E-state index in [1.54, 1.807) is 6.08 Å². The van der Waals surface area contributed by atoms with Crippen molar-refractivity contribution in [1.29, 1.82) is 0 Å². The Hall–Kier alpha value is -1.92. The lowest BCUT2D eigenvalue weighted by Gasteiger charge is -2.04. The summed E-state index contributed by atoms with van der Waals surface area (Å²) in [4.78, 5) is 14.0. The van der Waals surface area contributed by atoms with Gasteiger partial charge in [0.05, 0.1) is 0 Å². The SMILES string of the molecule is C=C(C)C=CC(N=C=O)c1ccccc1. The minimum Gasteiger partial charge on any atom is -0.211 e. The van der Waals surface area contributed by atoms with E-state index < -0.39 is 0 Å². The molecule has 0 aliphatic heterocycles. The molecule has 2 nitrogen and oxygen atoms in total. The van der Waals surface area contributed by atoms with Crippen LogP contribution in [0.4, 0.5) is 0 Å². The summed E-state index contributed by atoms with van der Waals surface area (Å²) in [6, 6.07) is 9.34. The van der Waals surface area contributed by atoms with Crippen molar-refractivity contribution in [2.24, 2.45) is 4.99 Å². The van der Waals surface area contributed by atoms with Gasteiger partial charge in [0, 0.05) is 0 Å². The number of rotatable bonds is 4. The molecule has 0 amide bonds. The van der Waals surface area contributed by atoms with Crippen molar-refractivity contribution < 1.29 is 4.79 Å². The van der Waals surface area contributed by atoms with Crippen LogP contribution in [-0.4, -0.2) is 6.08 Å². The van der Waals surface area contributed by atoms with Gasteiger partial charge in [-0.25, -0.2) is 4.79 Å². The van der Waals surface area contributed by atoms with Crippen molar-refractivity contribution in [3.63, 3.8) is 0 Å². The van der Waals surface area contributed by atoms with Crippen LogP contribution >= 0.6 is 0 Å². The highest BCUT2D eigenvalue weighted by molar-refractivity contribution is 5.37. The molecular weight excluding hydrogens is 186 g/mol. The Labute approximate surface area is 89.7 Å². The average Bonchev–Trinajstić information content (AvgIpc) is 2.25. The lowest BCUT2D eigenvalue weighted by Crippen LogP contribution is -1.90. The molecule has 1 rings (SSSR count). The van der Waals surface area contributed by atoms with E-state index in [1.165, 1.54) is 0 Å². The third kappa shape index (κ3) is 3.75.